The molecule has 176 valence electrons. The summed E-state index contributed by atoms with van der Waals surface area (Å²) in [5.41, 5.74) is 5.42. The van der Waals surface area contributed by atoms with Crippen LogP contribution in [0.2, 0.25) is 5.02 Å². The van der Waals surface area contributed by atoms with Crippen LogP contribution in [-0.2, 0) is 16.0 Å². The van der Waals surface area contributed by atoms with Gasteiger partial charge in [-0.2, -0.15) is 0 Å². The van der Waals surface area contributed by atoms with E-state index >= 15 is 0 Å². The average molecular weight is 459 g/mol. The van der Waals surface area contributed by atoms with Crippen LogP contribution in [0, 0.1) is 5.92 Å². The summed E-state index contributed by atoms with van der Waals surface area (Å²) in [6, 6.07) is 4.93. The van der Waals surface area contributed by atoms with Gasteiger partial charge in [0.05, 0.1) is 12.6 Å². The van der Waals surface area contributed by atoms with Crippen molar-refractivity contribution >= 4 is 24.1 Å². The Labute approximate surface area is 199 Å². The van der Waals surface area contributed by atoms with Gasteiger partial charge in [-0.3, -0.25) is 4.79 Å². The summed E-state index contributed by atoms with van der Waals surface area (Å²) < 4.78 is 4.15. The Hall–Kier alpha value is -2.04. The maximum absolute atomic E-state index is 9.18. The first kappa shape index (κ1) is 26.2. The third-order valence-corrected chi connectivity index (χ3v) is 6.68. The number of carbonyl (C=O) groups excluding carboxylic acids is 1. The van der Waals surface area contributed by atoms with E-state index in [1.54, 1.807) is 6.92 Å². The SMILES string of the molecule is CC.CCOC=O.CCc1cc2c(cc1Cl)C=CC1=CC=CNC1C2C1CCN(C)CC1. The fourth-order valence-electron chi connectivity index (χ4n) is 4.69. The lowest BCUT2D eigenvalue weighted by Gasteiger charge is -2.40. The lowest BCUT2D eigenvalue weighted by atomic mass is 9.73. The van der Waals surface area contributed by atoms with Crippen LogP contribution in [0.25, 0.3) is 6.08 Å². The van der Waals surface area contributed by atoms with E-state index in [0.29, 0.717) is 31.0 Å². The highest BCUT2D eigenvalue weighted by molar-refractivity contribution is 6.31. The highest BCUT2D eigenvalue weighted by Crippen LogP contribution is 2.43. The van der Waals surface area contributed by atoms with Gasteiger partial charge in [-0.25, -0.2) is 0 Å². The lowest BCUT2D eigenvalue weighted by Crippen LogP contribution is -2.41. The molecular weight excluding hydrogens is 420 g/mol. The minimum Gasteiger partial charge on any atom is -0.468 e. The molecule has 0 saturated carbocycles. The van der Waals surface area contributed by atoms with E-state index < -0.39 is 0 Å². The smallest absolute Gasteiger partial charge is 0.293 e. The number of hydrogen-bond donors (Lipinski definition) is 1. The minimum absolute atomic E-state index is 0.363. The molecular formula is C27H39ClN2O2. The van der Waals surface area contributed by atoms with E-state index in [1.165, 1.54) is 48.2 Å². The van der Waals surface area contributed by atoms with Gasteiger partial charge in [-0.1, -0.05) is 56.7 Å². The van der Waals surface area contributed by atoms with Crippen molar-refractivity contribution in [1.29, 1.82) is 0 Å². The zero-order chi connectivity index (χ0) is 23.5. The third-order valence-electron chi connectivity index (χ3n) is 6.33. The summed E-state index contributed by atoms with van der Waals surface area (Å²) in [5.74, 6) is 1.20. The summed E-state index contributed by atoms with van der Waals surface area (Å²) in [4.78, 5) is 11.6. The number of benzene rings is 1. The molecule has 0 aromatic heterocycles. The van der Waals surface area contributed by atoms with Crippen LogP contribution >= 0.6 is 11.6 Å². The molecule has 3 aliphatic rings. The number of ether oxygens (including phenoxy) is 1. The van der Waals surface area contributed by atoms with Gasteiger partial charge in [0.15, 0.2) is 0 Å². The number of rotatable bonds is 4. The zero-order valence-corrected chi connectivity index (χ0v) is 21.0. The standard InChI is InChI=1S/C22H27ClN2.C3H6O2.C2H6/c1-3-15-13-19-18(14-20(15)23)7-6-17-5-4-10-24-22(17)21(19)16-8-11-25(2)12-9-16;1-2-5-3-4;1-2/h4-7,10,13-14,16,21-22,24H,3,8-9,11-12H2,1-2H3;3H,2H2,1H3;1-2H3. The van der Waals surface area contributed by atoms with Gasteiger partial charge < -0.3 is 15.0 Å². The number of allylic oxidation sites excluding steroid dienone is 2. The quantitative estimate of drug-likeness (QED) is 0.564. The molecule has 2 aliphatic heterocycles. The van der Waals surface area contributed by atoms with Crippen LogP contribution in [0.4, 0.5) is 0 Å². The van der Waals surface area contributed by atoms with Crippen molar-refractivity contribution < 1.29 is 9.53 Å². The van der Waals surface area contributed by atoms with Gasteiger partial charge in [0, 0.05) is 10.9 Å². The molecule has 0 bridgehead atoms. The van der Waals surface area contributed by atoms with Crippen LogP contribution in [0.3, 0.4) is 0 Å². The Kier molecular flexibility index (Phi) is 11.1. The predicted octanol–water partition coefficient (Wildman–Crippen LogP) is 5.97. The van der Waals surface area contributed by atoms with E-state index in [1.807, 2.05) is 13.8 Å². The van der Waals surface area contributed by atoms with Crippen LogP contribution in [-0.4, -0.2) is 44.2 Å². The molecule has 2 atom stereocenters. The number of dihydropyridines is 1. The zero-order valence-electron chi connectivity index (χ0n) is 20.2. The Morgan fingerprint density at radius 3 is 2.50 bits per heavy atom. The molecule has 1 aromatic rings. The highest BCUT2D eigenvalue weighted by Gasteiger charge is 2.36. The molecule has 1 aromatic carbocycles. The van der Waals surface area contributed by atoms with Crippen molar-refractivity contribution in [3.05, 3.63) is 63.8 Å². The summed E-state index contributed by atoms with van der Waals surface area (Å²) in [6.45, 7) is 11.2. The van der Waals surface area contributed by atoms with Crippen molar-refractivity contribution in [2.24, 2.45) is 5.92 Å². The monoisotopic (exact) mass is 458 g/mol. The van der Waals surface area contributed by atoms with E-state index in [4.69, 9.17) is 11.6 Å². The molecule has 32 heavy (non-hydrogen) atoms. The van der Waals surface area contributed by atoms with Crippen LogP contribution < -0.4 is 5.32 Å². The van der Waals surface area contributed by atoms with Crippen LogP contribution in [0.1, 0.15) is 63.1 Å². The number of aryl methyl sites for hydroxylation is 1. The van der Waals surface area contributed by atoms with Gasteiger partial charge in [-0.15, -0.1) is 0 Å². The van der Waals surface area contributed by atoms with Gasteiger partial charge in [0.2, 0.25) is 0 Å². The first-order valence-electron chi connectivity index (χ1n) is 12.0. The normalized spacial score (nSPS) is 21.9. The van der Waals surface area contributed by atoms with Gasteiger partial charge in [-0.05, 0) is 92.8 Å². The number of carbonyl (C=O) groups is 1. The van der Waals surface area contributed by atoms with Crippen molar-refractivity contribution in [3.8, 4) is 0 Å². The fourth-order valence-corrected chi connectivity index (χ4v) is 5.00. The molecule has 0 radical (unpaired) electrons. The van der Waals surface area contributed by atoms with Gasteiger partial charge in [0.1, 0.15) is 0 Å². The van der Waals surface area contributed by atoms with Gasteiger partial charge in [0.25, 0.3) is 6.47 Å². The molecule has 0 amide bonds. The minimum atomic E-state index is 0.363. The molecule has 4 rings (SSSR count). The predicted molar refractivity (Wildman–Crippen MR) is 136 cm³/mol. The number of nitrogens with one attached hydrogen (secondary N) is 1. The number of likely N-dealkylation sites (tertiary alicyclic amines) is 1. The van der Waals surface area contributed by atoms with E-state index in [0.717, 1.165) is 11.4 Å². The Morgan fingerprint density at radius 2 is 1.91 bits per heavy atom. The summed E-state index contributed by atoms with van der Waals surface area (Å²) in [5, 5.41) is 4.57. The fraction of sp³-hybridized carbons (Fsp3) is 0.519. The van der Waals surface area contributed by atoms with E-state index in [2.05, 4.69) is 71.6 Å². The van der Waals surface area contributed by atoms with Crippen LogP contribution in [0.5, 0.6) is 0 Å². The second-order valence-electron chi connectivity index (χ2n) is 8.15. The summed E-state index contributed by atoms with van der Waals surface area (Å²) in [6.07, 6.45) is 14.5. The van der Waals surface area contributed by atoms with Crippen molar-refractivity contribution in [1.82, 2.24) is 10.2 Å². The summed E-state index contributed by atoms with van der Waals surface area (Å²) >= 11 is 6.54. The molecule has 1 aliphatic carbocycles. The molecule has 1 N–H and O–H groups in total. The number of fused-ring (bicyclic) bond motifs is 2. The molecule has 1 fully saturated rings. The molecule has 2 heterocycles. The Morgan fingerprint density at radius 1 is 1.19 bits per heavy atom. The molecule has 2 unspecified atom stereocenters. The molecule has 0 spiro atoms. The second-order valence-corrected chi connectivity index (χ2v) is 8.55. The molecule has 4 nitrogen and oxygen atoms in total. The number of piperidine rings is 1. The van der Waals surface area contributed by atoms with Crippen molar-refractivity contribution in [2.45, 2.75) is 58.9 Å². The lowest BCUT2D eigenvalue weighted by molar-refractivity contribution is -0.128. The van der Waals surface area contributed by atoms with Crippen LogP contribution in [0.15, 0.2) is 42.1 Å². The summed E-state index contributed by atoms with van der Waals surface area (Å²) in [7, 11) is 2.24. The third kappa shape index (κ3) is 6.49. The van der Waals surface area contributed by atoms with Crippen molar-refractivity contribution in [3.63, 3.8) is 0 Å². The number of hydrogen-bond acceptors (Lipinski definition) is 4. The maximum Gasteiger partial charge on any atom is 0.293 e. The van der Waals surface area contributed by atoms with Gasteiger partial charge >= 0.3 is 0 Å². The molecule has 1 saturated heterocycles. The largest absolute Gasteiger partial charge is 0.468 e. The highest BCUT2D eigenvalue weighted by atomic mass is 35.5. The first-order chi connectivity index (χ1) is 15.6. The number of halogens is 1. The molecule has 5 heteroatoms. The topological polar surface area (TPSA) is 41.6 Å². The maximum atomic E-state index is 9.18. The Bertz CT molecular complexity index is 823. The van der Waals surface area contributed by atoms with E-state index in [9.17, 15) is 4.79 Å². The number of nitrogens with zero attached hydrogens (tertiary/aromatic N) is 1. The Balaban J connectivity index is 0.000000460. The first-order valence-corrected chi connectivity index (χ1v) is 12.3. The second kappa shape index (κ2) is 13.5. The van der Waals surface area contributed by atoms with E-state index in [-0.39, 0.29) is 0 Å². The average Bonchev–Trinajstić information content (AvgIpc) is 2.98. The van der Waals surface area contributed by atoms with Crippen molar-refractivity contribution in [2.75, 3.05) is 26.7 Å².